The van der Waals surface area contributed by atoms with E-state index in [1.807, 2.05) is 30.3 Å². The third-order valence-electron chi connectivity index (χ3n) is 1.43. The largest absolute Gasteiger partial charge is 0.313 e. The van der Waals surface area contributed by atoms with Gasteiger partial charge in [0, 0.05) is 4.90 Å². The zero-order chi connectivity index (χ0) is 9.80. The summed E-state index contributed by atoms with van der Waals surface area (Å²) in [6, 6.07) is 9.48. The molecule has 0 amide bonds. The van der Waals surface area contributed by atoms with Gasteiger partial charge in [0.2, 0.25) is 6.33 Å². The van der Waals surface area contributed by atoms with Gasteiger partial charge >= 0.3 is 6.08 Å². The van der Waals surface area contributed by atoms with Crippen LogP contribution in [-0.4, -0.2) is 15.0 Å². The van der Waals surface area contributed by atoms with Crippen LogP contribution in [-0.2, 0) is 0 Å². The van der Waals surface area contributed by atoms with Crippen molar-refractivity contribution in [1.29, 1.82) is 0 Å². The maximum atomic E-state index is 12.6. The molecule has 2 rings (SSSR count). The summed E-state index contributed by atoms with van der Waals surface area (Å²) >= 11 is 1.27. The van der Waals surface area contributed by atoms with E-state index in [-0.39, 0.29) is 0 Å². The summed E-state index contributed by atoms with van der Waals surface area (Å²) in [5.41, 5.74) is 0. The van der Waals surface area contributed by atoms with Crippen LogP contribution in [0.2, 0.25) is 0 Å². The quantitative estimate of drug-likeness (QED) is 0.753. The summed E-state index contributed by atoms with van der Waals surface area (Å²) in [6.45, 7) is 0. The van der Waals surface area contributed by atoms with Gasteiger partial charge in [-0.25, -0.2) is 0 Å². The fourth-order valence-electron chi connectivity index (χ4n) is 0.878. The first-order chi connectivity index (χ1) is 6.84. The van der Waals surface area contributed by atoms with Gasteiger partial charge in [-0.2, -0.15) is 19.3 Å². The Labute approximate surface area is 84.4 Å². The summed E-state index contributed by atoms with van der Waals surface area (Å²) in [4.78, 5) is 11.3. The van der Waals surface area contributed by atoms with Gasteiger partial charge in [-0.15, -0.1) is 0 Å². The Morgan fingerprint density at radius 3 is 2.64 bits per heavy atom. The highest BCUT2D eigenvalue weighted by atomic mass is 32.2. The summed E-state index contributed by atoms with van der Waals surface area (Å²) in [7, 11) is 0. The molecule has 5 heteroatoms. The van der Waals surface area contributed by atoms with Gasteiger partial charge in [0.1, 0.15) is 0 Å². The van der Waals surface area contributed by atoms with Crippen molar-refractivity contribution < 1.29 is 4.39 Å². The number of aromatic nitrogens is 3. The average molecular weight is 206 g/mol. The molecule has 0 spiro atoms. The molecule has 1 radical (unpaired) electrons. The minimum atomic E-state index is -0.807. The number of hydrogen-bond donors (Lipinski definition) is 0. The van der Waals surface area contributed by atoms with Gasteiger partial charge in [0.25, 0.3) is 0 Å². The molecule has 0 aliphatic rings. The van der Waals surface area contributed by atoms with Gasteiger partial charge in [0.05, 0.1) is 0 Å². The van der Waals surface area contributed by atoms with Crippen LogP contribution < -0.4 is 0 Å². The first-order valence-corrected chi connectivity index (χ1v) is 4.67. The van der Waals surface area contributed by atoms with Gasteiger partial charge in [-0.05, 0) is 23.9 Å². The van der Waals surface area contributed by atoms with E-state index < -0.39 is 6.08 Å². The lowest BCUT2D eigenvalue weighted by molar-refractivity contribution is 0.513. The monoisotopic (exact) mass is 206 g/mol. The number of benzene rings is 1. The maximum Gasteiger partial charge on any atom is 0.313 e. The Hall–Kier alpha value is -1.49. The Kier molecular flexibility index (Phi) is 2.69. The van der Waals surface area contributed by atoms with Crippen molar-refractivity contribution in [2.45, 2.75) is 10.1 Å². The first kappa shape index (κ1) is 9.08. The molecule has 1 aromatic heterocycles. The van der Waals surface area contributed by atoms with E-state index in [0.29, 0.717) is 5.16 Å². The molecular weight excluding hydrogens is 201 g/mol. The molecule has 0 saturated carbocycles. The van der Waals surface area contributed by atoms with Crippen molar-refractivity contribution in [2.75, 3.05) is 0 Å². The van der Waals surface area contributed by atoms with E-state index in [1.165, 1.54) is 11.8 Å². The van der Waals surface area contributed by atoms with Crippen molar-refractivity contribution in [3.8, 4) is 0 Å². The van der Waals surface area contributed by atoms with Crippen LogP contribution in [0.1, 0.15) is 0 Å². The standard InChI is InChI=1S/C9H5FN3S/c10-8-11-6-12-9(13-8)14-7-4-2-1-3-5-7/h1-5H. The smallest absolute Gasteiger partial charge is 0.199 e. The van der Waals surface area contributed by atoms with Crippen molar-refractivity contribution >= 4 is 11.8 Å². The Bertz CT molecular complexity index is 421. The van der Waals surface area contributed by atoms with Gasteiger partial charge in [-0.1, -0.05) is 18.2 Å². The minimum Gasteiger partial charge on any atom is -0.199 e. The topological polar surface area (TPSA) is 38.7 Å². The van der Waals surface area contributed by atoms with Crippen LogP contribution in [0.3, 0.4) is 0 Å². The minimum absolute atomic E-state index is 0.309. The van der Waals surface area contributed by atoms with E-state index in [1.54, 1.807) is 0 Å². The zero-order valence-corrected chi connectivity index (χ0v) is 7.83. The molecule has 1 aromatic carbocycles. The van der Waals surface area contributed by atoms with Crippen molar-refractivity contribution in [1.82, 2.24) is 15.0 Å². The van der Waals surface area contributed by atoms with Gasteiger partial charge in [0.15, 0.2) is 5.16 Å². The molecule has 0 fully saturated rings. The molecule has 2 aromatic rings. The summed E-state index contributed by atoms with van der Waals surface area (Å²) in [5, 5.41) is 0.309. The molecular formula is C9H5FN3S. The lowest BCUT2D eigenvalue weighted by atomic mass is 10.4. The molecule has 0 N–H and O–H groups in total. The van der Waals surface area contributed by atoms with Gasteiger partial charge in [-0.3, -0.25) is 0 Å². The maximum absolute atomic E-state index is 12.6. The van der Waals surface area contributed by atoms with Crippen LogP contribution >= 0.6 is 11.8 Å². The van der Waals surface area contributed by atoms with E-state index in [4.69, 9.17) is 0 Å². The fourth-order valence-corrected chi connectivity index (χ4v) is 1.59. The molecule has 69 valence electrons. The Balaban J connectivity index is 2.19. The van der Waals surface area contributed by atoms with E-state index in [0.717, 1.165) is 4.90 Å². The molecule has 0 bridgehead atoms. The number of halogens is 1. The van der Waals surface area contributed by atoms with E-state index >= 15 is 0 Å². The molecule has 0 saturated heterocycles. The highest BCUT2D eigenvalue weighted by Gasteiger charge is 2.01. The highest BCUT2D eigenvalue weighted by molar-refractivity contribution is 7.99. The third-order valence-corrected chi connectivity index (χ3v) is 2.30. The van der Waals surface area contributed by atoms with Crippen molar-refractivity contribution in [2.24, 2.45) is 0 Å². The average Bonchev–Trinajstić information content (AvgIpc) is 2.19. The van der Waals surface area contributed by atoms with Crippen LogP contribution in [0.25, 0.3) is 0 Å². The predicted molar refractivity (Wildman–Crippen MR) is 49.2 cm³/mol. The van der Waals surface area contributed by atoms with Crippen LogP contribution in [0.4, 0.5) is 4.39 Å². The van der Waals surface area contributed by atoms with Crippen LogP contribution in [0, 0.1) is 12.4 Å². The number of hydrogen-bond acceptors (Lipinski definition) is 4. The highest BCUT2D eigenvalue weighted by Crippen LogP contribution is 2.22. The second-order valence-electron chi connectivity index (χ2n) is 2.40. The molecule has 3 nitrogen and oxygen atoms in total. The second kappa shape index (κ2) is 4.15. The van der Waals surface area contributed by atoms with Crippen LogP contribution in [0.5, 0.6) is 0 Å². The molecule has 0 aliphatic heterocycles. The first-order valence-electron chi connectivity index (χ1n) is 3.85. The van der Waals surface area contributed by atoms with Crippen molar-refractivity contribution in [3.05, 3.63) is 42.7 Å². The van der Waals surface area contributed by atoms with Crippen LogP contribution in [0.15, 0.2) is 40.4 Å². The lowest BCUT2D eigenvalue weighted by Crippen LogP contribution is -1.93. The summed E-state index contributed by atoms with van der Waals surface area (Å²) in [6.07, 6.45) is 1.38. The van der Waals surface area contributed by atoms with Crippen molar-refractivity contribution in [3.63, 3.8) is 0 Å². The molecule has 14 heavy (non-hydrogen) atoms. The third kappa shape index (κ3) is 2.26. The Morgan fingerprint density at radius 2 is 1.93 bits per heavy atom. The molecule has 0 unspecified atom stereocenters. The summed E-state index contributed by atoms with van der Waals surface area (Å²) in [5.74, 6) is 0. The zero-order valence-electron chi connectivity index (χ0n) is 7.01. The fraction of sp³-hybridized carbons (Fsp3) is 0. The Morgan fingerprint density at radius 1 is 1.14 bits per heavy atom. The molecule has 1 heterocycles. The van der Waals surface area contributed by atoms with Gasteiger partial charge < -0.3 is 0 Å². The lowest BCUT2D eigenvalue weighted by Gasteiger charge is -1.97. The molecule has 0 aliphatic carbocycles. The number of nitrogens with zero attached hydrogens (tertiary/aromatic N) is 3. The normalized spacial score (nSPS) is 10.1. The number of rotatable bonds is 2. The summed E-state index contributed by atoms with van der Waals surface area (Å²) < 4.78 is 12.6. The molecule has 0 atom stereocenters. The van der Waals surface area contributed by atoms with E-state index in [2.05, 4.69) is 21.3 Å². The van der Waals surface area contributed by atoms with E-state index in [9.17, 15) is 4.39 Å². The predicted octanol–water partition coefficient (Wildman–Crippen LogP) is 1.96. The SMILES string of the molecule is Fc1n[c]nc(Sc2ccccc2)n1. The second-order valence-corrected chi connectivity index (χ2v) is 3.44.